The number of carboxylic acids is 1. The molecule has 1 saturated heterocycles. The Balaban J connectivity index is 1.69. The van der Waals surface area contributed by atoms with Gasteiger partial charge in [0.1, 0.15) is 0 Å². The summed E-state index contributed by atoms with van der Waals surface area (Å²) in [5.41, 5.74) is 5.14. The highest BCUT2D eigenvalue weighted by Crippen LogP contribution is 2.18. The van der Waals surface area contributed by atoms with Gasteiger partial charge in [0.15, 0.2) is 0 Å². The van der Waals surface area contributed by atoms with Crippen LogP contribution in [0, 0.1) is 0 Å². The molecule has 28 heavy (non-hydrogen) atoms. The zero-order valence-corrected chi connectivity index (χ0v) is 16.1. The topological polar surface area (TPSA) is 108 Å². The molecule has 0 spiro atoms. The first kappa shape index (κ1) is 20.0. The van der Waals surface area contributed by atoms with Gasteiger partial charge in [-0.3, -0.25) is 5.43 Å². The van der Waals surface area contributed by atoms with Gasteiger partial charge in [0, 0.05) is 13.1 Å². The molecule has 0 saturated carbocycles. The monoisotopic (exact) mass is 403 g/mol. The molecule has 0 aromatic heterocycles. The van der Waals surface area contributed by atoms with Crippen LogP contribution in [0.2, 0.25) is 0 Å². The van der Waals surface area contributed by atoms with Crippen molar-refractivity contribution in [2.24, 2.45) is 5.10 Å². The molecule has 0 atom stereocenters. The molecule has 0 unspecified atom stereocenters. The number of sulfonamides is 1. The summed E-state index contributed by atoms with van der Waals surface area (Å²) < 4.78 is 31.9. The minimum absolute atomic E-state index is 0.198. The van der Waals surface area contributed by atoms with Crippen LogP contribution in [0.25, 0.3) is 0 Å². The van der Waals surface area contributed by atoms with E-state index < -0.39 is 16.0 Å². The van der Waals surface area contributed by atoms with E-state index in [-0.39, 0.29) is 10.5 Å². The van der Waals surface area contributed by atoms with Crippen molar-refractivity contribution in [2.45, 2.75) is 11.8 Å². The quantitative estimate of drug-likeness (QED) is 0.566. The Hall–Kier alpha value is -2.75. The summed E-state index contributed by atoms with van der Waals surface area (Å²) in [6, 6.07) is 12.8. The lowest BCUT2D eigenvalue weighted by Crippen LogP contribution is -2.40. The first-order valence-corrected chi connectivity index (χ1v) is 10.1. The molecule has 8 nitrogen and oxygen atoms in total. The molecule has 2 N–H and O–H groups in total. The molecule has 0 bridgehead atoms. The third-order valence-electron chi connectivity index (χ3n) is 4.36. The van der Waals surface area contributed by atoms with Crippen molar-refractivity contribution in [2.75, 3.05) is 31.7 Å². The van der Waals surface area contributed by atoms with Crippen molar-refractivity contribution in [3.05, 3.63) is 59.7 Å². The van der Waals surface area contributed by atoms with Gasteiger partial charge in [-0.15, -0.1) is 0 Å². The van der Waals surface area contributed by atoms with Crippen LogP contribution in [0.1, 0.15) is 22.8 Å². The molecule has 9 heteroatoms. The largest absolute Gasteiger partial charge is 0.478 e. The van der Waals surface area contributed by atoms with E-state index >= 15 is 0 Å². The Labute approximate surface area is 163 Å². The lowest BCUT2D eigenvalue weighted by molar-refractivity contribution is 0.0697. The van der Waals surface area contributed by atoms with Gasteiger partial charge >= 0.3 is 5.97 Å². The lowest BCUT2D eigenvalue weighted by atomic mass is 10.1. The maximum absolute atomic E-state index is 12.6. The summed E-state index contributed by atoms with van der Waals surface area (Å²) in [6.45, 7) is 3.32. The van der Waals surface area contributed by atoms with Crippen LogP contribution >= 0.6 is 0 Å². The molecule has 2 aromatic rings. The minimum Gasteiger partial charge on any atom is -0.478 e. The number of ether oxygens (including phenoxy) is 1. The molecule has 148 valence electrons. The number of carbonyl (C=O) groups is 1. The normalized spacial score (nSPS) is 16.0. The van der Waals surface area contributed by atoms with Gasteiger partial charge in [-0.1, -0.05) is 12.1 Å². The van der Waals surface area contributed by atoms with Gasteiger partial charge in [0.25, 0.3) is 0 Å². The zero-order chi connectivity index (χ0) is 20.1. The number of benzene rings is 2. The van der Waals surface area contributed by atoms with E-state index in [4.69, 9.17) is 9.84 Å². The van der Waals surface area contributed by atoms with Gasteiger partial charge in [0.2, 0.25) is 10.0 Å². The molecular weight excluding hydrogens is 382 g/mol. The number of carboxylic acid groups (broad SMARTS) is 1. The second-order valence-corrected chi connectivity index (χ2v) is 8.17. The van der Waals surface area contributed by atoms with Gasteiger partial charge in [0.05, 0.1) is 35.1 Å². The third kappa shape index (κ3) is 4.56. The van der Waals surface area contributed by atoms with Crippen LogP contribution in [0.4, 0.5) is 5.69 Å². The van der Waals surface area contributed by atoms with Crippen molar-refractivity contribution in [1.29, 1.82) is 0 Å². The second-order valence-electron chi connectivity index (χ2n) is 6.23. The minimum atomic E-state index is -3.52. The van der Waals surface area contributed by atoms with Crippen molar-refractivity contribution < 1.29 is 23.1 Å². The smallest absolute Gasteiger partial charge is 0.335 e. The van der Waals surface area contributed by atoms with Gasteiger partial charge in [-0.2, -0.15) is 9.41 Å². The highest BCUT2D eigenvalue weighted by molar-refractivity contribution is 7.89. The van der Waals surface area contributed by atoms with Gasteiger partial charge < -0.3 is 9.84 Å². The predicted molar refractivity (Wildman–Crippen MR) is 105 cm³/mol. The van der Waals surface area contributed by atoms with Crippen LogP contribution < -0.4 is 5.43 Å². The average molecular weight is 403 g/mol. The van der Waals surface area contributed by atoms with E-state index in [1.807, 2.05) is 0 Å². The van der Waals surface area contributed by atoms with Gasteiger partial charge in [-0.05, 0) is 48.9 Å². The molecule has 1 fully saturated rings. The highest BCUT2D eigenvalue weighted by Gasteiger charge is 2.26. The van der Waals surface area contributed by atoms with Crippen LogP contribution in [0.3, 0.4) is 0 Å². The van der Waals surface area contributed by atoms with Crippen molar-refractivity contribution in [3.63, 3.8) is 0 Å². The second kappa shape index (κ2) is 8.51. The molecule has 0 radical (unpaired) electrons. The molecule has 3 rings (SSSR count). The maximum atomic E-state index is 12.6. The number of aromatic carboxylic acids is 1. The zero-order valence-electron chi connectivity index (χ0n) is 15.3. The first-order chi connectivity index (χ1) is 13.4. The van der Waals surface area contributed by atoms with Crippen LogP contribution in [0.5, 0.6) is 0 Å². The highest BCUT2D eigenvalue weighted by atomic mass is 32.2. The molecular formula is C19H21N3O5S. The number of nitrogens with one attached hydrogen (secondary N) is 1. The van der Waals surface area contributed by atoms with E-state index in [1.165, 1.54) is 16.4 Å². The Morgan fingerprint density at radius 1 is 1.04 bits per heavy atom. The van der Waals surface area contributed by atoms with Gasteiger partial charge in [-0.25, -0.2) is 13.2 Å². The van der Waals surface area contributed by atoms with Crippen LogP contribution in [-0.4, -0.2) is 55.8 Å². The number of morpholine rings is 1. The molecule has 2 aromatic carbocycles. The lowest BCUT2D eigenvalue weighted by Gasteiger charge is -2.26. The third-order valence-corrected chi connectivity index (χ3v) is 6.28. The number of hydrazone groups is 1. The number of anilines is 1. The molecule has 0 amide bonds. The van der Waals surface area contributed by atoms with Crippen molar-refractivity contribution >= 4 is 27.4 Å². The van der Waals surface area contributed by atoms with Crippen LogP contribution in [-0.2, 0) is 14.8 Å². The Morgan fingerprint density at radius 3 is 2.18 bits per heavy atom. The predicted octanol–water partition coefficient (Wildman–Crippen LogP) is 2.24. The summed E-state index contributed by atoms with van der Waals surface area (Å²) in [4.78, 5) is 11.1. The molecule has 1 heterocycles. The SMILES string of the molecule is C/C(=N\Nc1ccc(C(=O)O)cc1)c1ccc(S(=O)(=O)N2CCOCC2)cc1. The van der Waals surface area contributed by atoms with Crippen molar-refractivity contribution in [1.82, 2.24) is 4.31 Å². The Kier molecular flexibility index (Phi) is 6.08. The standard InChI is InChI=1S/C19H21N3O5S/c1-14(20-21-17-6-2-16(3-7-17)19(23)24)15-4-8-18(9-5-15)28(25,26)22-10-12-27-13-11-22/h2-9,21H,10-13H2,1H3,(H,23,24)/b20-14+. The van der Waals surface area contributed by atoms with Crippen molar-refractivity contribution in [3.8, 4) is 0 Å². The average Bonchev–Trinajstić information content (AvgIpc) is 2.73. The Morgan fingerprint density at radius 2 is 1.61 bits per heavy atom. The van der Waals surface area contributed by atoms with E-state index in [0.29, 0.717) is 37.7 Å². The van der Waals surface area contributed by atoms with Crippen LogP contribution in [0.15, 0.2) is 58.5 Å². The number of hydrogen-bond donors (Lipinski definition) is 2. The van der Waals surface area contributed by atoms with E-state index in [9.17, 15) is 13.2 Å². The molecule has 1 aliphatic rings. The summed E-state index contributed by atoms with van der Waals surface area (Å²) in [6.07, 6.45) is 0. The molecule has 0 aliphatic carbocycles. The summed E-state index contributed by atoms with van der Waals surface area (Å²) in [5.74, 6) is -0.988. The fourth-order valence-electron chi connectivity index (χ4n) is 2.70. The fraction of sp³-hybridized carbons (Fsp3) is 0.263. The number of nitrogens with zero attached hydrogens (tertiary/aromatic N) is 2. The summed E-state index contributed by atoms with van der Waals surface area (Å²) in [5, 5.41) is 13.2. The maximum Gasteiger partial charge on any atom is 0.335 e. The van der Waals surface area contributed by atoms with E-state index in [2.05, 4.69) is 10.5 Å². The summed E-state index contributed by atoms with van der Waals surface area (Å²) >= 11 is 0. The fourth-order valence-corrected chi connectivity index (χ4v) is 4.11. The summed E-state index contributed by atoms with van der Waals surface area (Å²) in [7, 11) is -3.52. The first-order valence-electron chi connectivity index (χ1n) is 8.70. The Bertz CT molecular complexity index is 964. The van der Waals surface area contributed by atoms with E-state index in [1.54, 1.807) is 43.3 Å². The molecule has 1 aliphatic heterocycles. The number of hydrogen-bond acceptors (Lipinski definition) is 6. The van der Waals surface area contributed by atoms with E-state index in [0.717, 1.165) is 5.56 Å². The number of rotatable bonds is 6.